The fourth-order valence-electron chi connectivity index (χ4n) is 3.31. The van der Waals surface area contributed by atoms with Crippen molar-refractivity contribution in [2.45, 2.75) is 12.8 Å². The first kappa shape index (κ1) is 19.8. The average Bonchev–Trinajstić information content (AvgIpc) is 3.18. The van der Waals surface area contributed by atoms with Gasteiger partial charge in [0.15, 0.2) is 5.96 Å². The van der Waals surface area contributed by atoms with E-state index < -0.39 is 0 Å². The Hall–Kier alpha value is -0.540. The number of rotatable bonds is 4. The molecule has 3 rings (SSSR count). The Morgan fingerprint density at radius 2 is 2.33 bits per heavy atom. The van der Waals surface area contributed by atoms with Gasteiger partial charge in [0, 0.05) is 36.6 Å². The van der Waals surface area contributed by atoms with Crippen molar-refractivity contribution >= 4 is 45.9 Å². The molecule has 24 heavy (non-hydrogen) atoms. The molecule has 134 valence electrons. The number of likely N-dealkylation sites (tertiary alicyclic amines) is 1. The Labute approximate surface area is 169 Å². The summed E-state index contributed by atoms with van der Waals surface area (Å²) in [4.78, 5) is 6.75. The van der Waals surface area contributed by atoms with Crippen LogP contribution >= 0.6 is 39.9 Å². The third kappa shape index (κ3) is 4.98. The Kier molecular flexibility index (Phi) is 7.61. The minimum absolute atomic E-state index is 0. The molecule has 1 spiro atoms. The molecule has 2 heterocycles. The summed E-state index contributed by atoms with van der Waals surface area (Å²) in [6.45, 7) is 5.23. The van der Waals surface area contributed by atoms with Gasteiger partial charge < -0.3 is 19.7 Å². The quantitative estimate of drug-likeness (QED) is 0.293. The number of aliphatic imine (C=N–C) groups is 1. The monoisotopic (exact) mass is 509 g/mol. The number of ether oxygens (including phenoxy) is 2. The highest BCUT2D eigenvalue weighted by Gasteiger charge is 2.42. The number of hydrogen-bond donors (Lipinski definition) is 1. The number of nitrogens with zero attached hydrogens (tertiary/aromatic N) is 2. The SMILES string of the molecule is CN=C(NCCOc1cccc(Br)c1)N1CCC2(CCOC2)C1.I. The van der Waals surface area contributed by atoms with Gasteiger partial charge in [-0.05, 0) is 31.0 Å². The van der Waals surface area contributed by atoms with E-state index in [0.29, 0.717) is 12.0 Å². The standard InChI is InChI=1S/C17H24BrN3O2.HI/c1-19-16(21-8-5-17(12-21)6-9-22-13-17)20-7-10-23-15-4-2-3-14(18)11-15;/h2-4,11H,5-10,12-13H2,1H3,(H,19,20);1H. The lowest BCUT2D eigenvalue weighted by atomic mass is 9.87. The molecule has 0 saturated carbocycles. The molecule has 2 saturated heterocycles. The zero-order chi connectivity index (χ0) is 16.1. The fourth-order valence-corrected chi connectivity index (χ4v) is 3.69. The minimum Gasteiger partial charge on any atom is -0.492 e. The smallest absolute Gasteiger partial charge is 0.193 e. The van der Waals surface area contributed by atoms with Crippen LogP contribution in [-0.4, -0.2) is 57.4 Å². The number of guanidine groups is 1. The summed E-state index contributed by atoms with van der Waals surface area (Å²) in [5.74, 6) is 1.84. The molecule has 0 amide bonds. The molecule has 2 aliphatic rings. The molecule has 5 nitrogen and oxygen atoms in total. The number of hydrogen-bond acceptors (Lipinski definition) is 3. The molecule has 2 aliphatic heterocycles. The molecule has 0 aromatic heterocycles. The Morgan fingerprint density at radius 1 is 1.46 bits per heavy atom. The topological polar surface area (TPSA) is 46.1 Å². The molecular formula is C17H25BrIN3O2. The molecule has 0 aliphatic carbocycles. The molecule has 1 aromatic carbocycles. The van der Waals surface area contributed by atoms with Gasteiger partial charge in [0.05, 0.1) is 13.2 Å². The zero-order valence-electron chi connectivity index (χ0n) is 14.0. The lowest BCUT2D eigenvalue weighted by molar-refractivity contribution is 0.156. The molecule has 1 unspecified atom stereocenters. The lowest BCUT2D eigenvalue weighted by Crippen LogP contribution is -2.42. The van der Waals surface area contributed by atoms with Crippen LogP contribution in [0, 0.1) is 5.41 Å². The van der Waals surface area contributed by atoms with Crippen LogP contribution in [0.3, 0.4) is 0 Å². The maximum absolute atomic E-state index is 5.75. The van der Waals surface area contributed by atoms with Crippen LogP contribution in [0.15, 0.2) is 33.7 Å². The maximum atomic E-state index is 5.75. The van der Waals surface area contributed by atoms with Gasteiger partial charge in [-0.3, -0.25) is 4.99 Å². The predicted octanol–water partition coefficient (Wildman–Crippen LogP) is 3.13. The van der Waals surface area contributed by atoms with Crippen LogP contribution in [0.2, 0.25) is 0 Å². The largest absolute Gasteiger partial charge is 0.492 e. The summed E-state index contributed by atoms with van der Waals surface area (Å²) < 4.78 is 12.4. The highest BCUT2D eigenvalue weighted by molar-refractivity contribution is 14.0. The van der Waals surface area contributed by atoms with E-state index >= 15 is 0 Å². The first-order valence-electron chi connectivity index (χ1n) is 8.13. The van der Waals surface area contributed by atoms with Crippen molar-refractivity contribution in [1.82, 2.24) is 10.2 Å². The number of halogens is 2. The molecular weight excluding hydrogens is 485 g/mol. The maximum Gasteiger partial charge on any atom is 0.193 e. The zero-order valence-corrected chi connectivity index (χ0v) is 17.9. The van der Waals surface area contributed by atoms with E-state index in [-0.39, 0.29) is 24.0 Å². The van der Waals surface area contributed by atoms with E-state index in [4.69, 9.17) is 9.47 Å². The van der Waals surface area contributed by atoms with Crippen LogP contribution in [0.5, 0.6) is 5.75 Å². The van der Waals surface area contributed by atoms with Gasteiger partial charge >= 0.3 is 0 Å². The Balaban J connectivity index is 0.00000208. The predicted molar refractivity (Wildman–Crippen MR) is 110 cm³/mol. The third-order valence-electron chi connectivity index (χ3n) is 4.58. The van der Waals surface area contributed by atoms with Gasteiger partial charge in [0.2, 0.25) is 0 Å². The summed E-state index contributed by atoms with van der Waals surface area (Å²) in [5.41, 5.74) is 0.352. The average molecular weight is 510 g/mol. The van der Waals surface area contributed by atoms with Crippen molar-refractivity contribution < 1.29 is 9.47 Å². The minimum atomic E-state index is 0. The second-order valence-electron chi connectivity index (χ2n) is 6.25. The first-order valence-corrected chi connectivity index (χ1v) is 8.92. The van der Waals surface area contributed by atoms with E-state index in [9.17, 15) is 0 Å². The van der Waals surface area contributed by atoms with E-state index in [2.05, 4.69) is 31.1 Å². The van der Waals surface area contributed by atoms with Crippen molar-refractivity contribution in [2.75, 3.05) is 46.5 Å². The van der Waals surface area contributed by atoms with Gasteiger partial charge in [-0.25, -0.2) is 0 Å². The highest BCUT2D eigenvalue weighted by Crippen LogP contribution is 2.38. The van der Waals surface area contributed by atoms with Gasteiger partial charge in [-0.2, -0.15) is 0 Å². The van der Waals surface area contributed by atoms with Gasteiger partial charge in [0.25, 0.3) is 0 Å². The molecule has 0 bridgehead atoms. The van der Waals surface area contributed by atoms with Crippen molar-refractivity contribution in [2.24, 2.45) is 10.4 Å². The molecule has 7 heteroatoms. The van der Waals surface area contributed by atoms with Crippen LogP contribution in [0.4, 0.5) is 0 Å². The number of nitrogens with one attached hydrogen (secondary N) is 1. The summed E-state index contributed by atoms with van der Waals surface area (Å²) >= 11 is 3.45. The van der Waals surface area contributed by atoms with Crippen LogP contribution < -0.4 is 10.1 Å². The van der Waals surface area contributed by atoms with E-state index in [1.807, 2.05) is 31.3 Å². The summed E-state index contributed by atoms with van der Waals surface area (Å²) in [7, 11) is 1.84. The lowest BCUT2D eigenvalue weighted by Gasteiger charge is -2.24. The van der Waals surface area contributed by atoms with Crippen LogP contribution in [0.25, 0.3) is 0 Å². The van der Waals surface area contributed by atoms with Crippen LogP contribution in [0.1, 0.15) is 12.8 Å². The summed E-state index contributed by atoms with van der Waals surface area (Å²) in [6.07, 6.45) is 2.37. The first-order chi connectivity index (χ1) is 11.2. The summed E-state index contributed by atoms with van der Waals surface area (Å²) in [6, 6.07) is 7.89. The number of benzene rings is 1. The van der Waals surface area contributed by atoms with Gasteiger partial charge in [-0.1, -0.05) is 22.0 Å². The van der Waals surface area contributed by atoms with Gasteiger partial charge in [0.1, 0.15) is 12.4 Å². The van der Waals surface area contributed by atoms with Gasteiger partial charge in [-0.15, -0.1) is 24.0 Å². The third-order valence-corrected chi connectivity index (χ3v) is 5.08. The Bertz CT molecular complexity index is 565. The van der Waals surface area contributed by atoms with E-state index in [1.54, 1.807) is 0 Å². The molecule has 1 atom stereocenters. The molecule has 1 aromatic rings. The molecule has 2 fully saturated rings. The van der Waals surface area contributed by atoms with Crippen molar-refractivity contribution in [3.63, 3.8) is 0 Å². The Morgan fingerprint density at radius 3 is 3.04 bits per heavy atom. The normalized spacial score (nSPS) is 23.4. The van der Waals surface area contributed by atoms with E-state index in [0.717, 1.165) is 49.0 Å². The second-order valence-corrected chi connectivity index (χ2v) is 7.17. The van der Waals surface area contributed by atoms with Crippen LogP contribution in [-0.2, 0) is 4.74 Å². The summed E-state index contributed by atoms with van der Waals surface area (Å²) in [5, 5.41) is 3.40. The second kappa shape index (κ2) is 9.24. The van der Waals surface area contributed by atoms with E-state index in [1.165, 1.54) is 12.8 Å². The van der Waals surface area contributed by atoms with Crippen molar-refractivity contribution in [1.29, 1.82) is 0 Å². The fraction of sp³-hybridized carbons (Fsp3) is 0.588. The van der Waals surface area contributed by atoms with Crippen molar-refractivity contribution in [3.8, 4) is 5.75 Å². The molecule has 0 radical (unpaired) electrons. The van der Waals surface area contributed by atoms with Crippen molar-refractivity contribution in [3.05, 3.63) is 28.7 Å². The molecule has 1 N–H and O–H groups in total. The highest BCUT2D eigenvalue weighted by atomic mass is 127.